The summed E-state index contributed by atoms with van der Waals surface area (Å²) in [6.45, 7) is 2.73. The van der Waals surface area contributed by atoms with E-state index >= 15 is 0 Å². The summed E-state index contributed by atoms with van der Waals surface area (Å²) < 4.78 is 0. The van der Waals surface area contributed by atoms with Gasteiger partial charge in [-0.15, -0.1) is 0 Å². The fraction of sp³-hybridized carbons (Fsp3) is 0.588. The Balaban J connectivity index is 1.94. The van der Waals surface area contributed by atoms with Crippen LogP contribution in [0, 0.1) is 0 Å². The highest BCUT2D eigenvalue weighted by molar-refractivity contribution is 5.98. The minimum atomic E-state index is -0.185. The van der Waals surface area contributed by atoms with E-state index in [0.717, 1.165) is 38.5 Å². The van der Waals surface area contributed by atoms with Crippen LogP contribution in [0.4, 0.5) is 0 Å². The van der Waals surface area contributed by atoms with E-state index in [1.165, 1.54) is 12.6 Å². The van der Waals surface area contributed by atoms with Gasteiger partial charge in [0, 0.05) is 24.3 Å². The summed E-state index contributed by atoms with van der Waals surface area (Å²) in [5.74, 6) is -0.335. The average Bonchev–Trinajstić information content (AvgIpc) is 2.56. The monoisotopic (exact) mass is 303 g/mol. The Bertz CT molecular complexity index is 510. The molecule has 0 bridgehead atoms. The second-order valence-corrected chi connectivity index (χ2v) is 5.85. The maximum Gasteiger partial charge on any atom is 0.270 e. The van der Waals surface area contributed by atoms with Crippen molar-refractivity contribution in [2.24, 2.45) is 0 Å². The van der Waals surface area contributed by atoms with E-state index < -0.39 is 0 Å². The molecular weight excluding hydrogens is 278 g/mol. The molecule has 1 heterocycles. The van der Waals surface area contributed by atoms with Gasteiger partial charge in [-0.2, -0.15) is 0 Å². The van der Waals surface area contributed by atoms with Crippen LogP contribution in [0.15, 0.2) is 18.3 Å². The number of nitrogens with zero attached hydrogens (tertiary/aromatic N) is 1. The molecular formula is C17H25N3O2. The van der Waals surface area contributed by atoms with Crippen molar-refractivity contribution in [1.29, 1.82) is 0 Å². The molecule has 1 aromatic rings. The van der Waals surface area contributed by atoms with Crippen LogP contribution in [-0.2, 0) is 0 Å². The van der Waals surface area contributed by atoms with Gasteiger partial charge in [0.25, 0.3) is 11.8 Å². The maximum absolute atomic E-state index is 12.2. The number of hydrogen-bond acceptors (Lipinski definition) is 3. The molecule has 0 aromatic carbocycles. The Hall–Kier alpha value is -1.91. The Morgan fingerprint density at radius 1 is 1.23 bits per heavy atom. The molecule has 0 spiro atoms. The fourth-order valence-corrected chi connectivity index (χ4v) is 2.68. The van der Waals surface area contributed by atoms with Crippen molar-refractivity contribution < 1.29 is 9.59 Å². The molecule has 1 aliphatic carbocycles. The summed E-state index contributed by atoms with van der Waals surface area (Å²) in [5.41, 5.74) is 0.800. The van der Waals surface area contributed by atoms with E-state index in [0.29, 0.717) is 17.8 Å². The van der Waals surface area contributed by atoms with Crippen molar-refractivity contribution in [2.45, 2.75) is 57.9 Å². The van der Waals surface area contributed by atoms with E-state index in [2.05, 4.69) is 22.5 Å². The van der Waals surface area contributed by atoms with Crippen LogP contribution in [0.2, 0.25) is 0 Å². The van der Waals surface area contributed by atoms with E-state index in [9.17, 15) is 9.59 Å². The van der Waals surface area contributed by atoms with Crippen molar-refractivity contribution in [3.63, 3.8) is 0 Å². The fourth-order valence-electron chi connectivity index (χ4n) is 2.68. The highest BCUT2D eigenvalue weighted by Gasteiger charge is 2.18. The molecule has 22 heavy (non-hydrogen) atoms. The summed E-state index contributed by atoms with van der Waals surface area (Å²) >= 11 is 0. The Labute approximate surface area is 131 Å². The molecule has 2 rings (SSSR count). The van der Waals surface area contributed by atoms with Crippen molar-refractivity contribution in [2.75, 3.05) is 6.54 Å². The van der Waals surface area contributed by atoms with Crippen molar-refractivity contribution in [1.82, 2.24) is 15.6 Å². The predicted molar refractivity (Wildman–Crippen MR) is 85.8 cm³/mol. The third kappa shape index (κ3) is 4.83. The molecule has 0 aliphatic heterocycles. The van der Waals surface area contributed by atoms with Crippen LogP contribution in [0.25, 0.3) is 0 Å². The zero-order valence-electron chi connectivity index (χ0n) is 13.2. The Morgan fingerprint density at radius 3 is 2.73 bits per heavy atom. The Kier molecular flexibility index (Phi) is 6.37. The number of rotatable bonds is 6. The molecule has 1 saturated carbocycles. The zero-order valence-corrected chi connectivity index (χ0v) is 13.2. The van der Waals surface area contributed by atoms with E-state index in [4.69, 9.17) is 0 Å². The van der Waals surface area contributed by atoms with Gasteiger partial charge in [-0.1, -0.05) is 32.6 Å². The Morgan fingerprint density at radius 2 is 2.00 bits per heavy atom. The molecule has 1 fully saturated rings. The lowest BCUT2D eigenvalue weighted by molar-refractivity contribution is 0.0922. The molecule has 5 heteroatoms. The molecule has 0 radical (unpaired) electrons. The minimum Gasteiger partial charge on any atom is -0.352 e. The highest BCUT2D eigenvalue weighted by Crippen LogP contribution is 2.17. The van der Waals surface area contributed by atoms with E-state index in [1.54, 1.807) is 12.1 Å². The molecule has 5 nitrogen and oxygen atoms in total. The van der Waals surface area contributed by atoms with Crippen molar-refractivity contribution in [3.05, 3.63) is 29.6 Å². The second kappa shape index (κ2) is 8.51. The number of nitrogens with one attached hydrogen (secondary N) is 2. The van der Waals surface area contributed by atoms with Crippen LogP contribution >= 0.6 is 0 Å². The summed E-state index contributed by atoms with van der Waals surface area (Å²) in [7, 11) is 0. The second-order valence-electron chi connectivity index (χ2n) is 5.85. The quantitative estimate of drug-likeness (QED) is 0.794. The molecule has 1 aromatic heterocycles. The standard InChI is InChI=1S/C17H25N3O2/c1-2-3-10-19-16(21)13-9-11-18-15(12-13)17(22)20-14-7-5-4-6-8-14/h9,11-12,14H,2-8,10H2,1H3,(H,19,21)(H,20,22). The van der Waals surface area contributed by atoms with Gasteiger partial charge in [0.2, 0.25) is 0 Å². The van der Waals surface area contributed by atoms with Crippen molar-refractivity contribution in [3.8, 4) is 0 Å². The number of hydrogen-bond donors (Lipinski definition) is 2. The van der Waals surface area contributed by atoms with Crippen LogP contribution in [0.3, 0.4) is 0 Å². The lowest BCUT2D eigenvalue weighted by Gasteiger charge is -2.22. The number of pyridine rings is 1. The van der Waals surface area contributed by atoms with E-state index in [-0.39, 0.29) is 17.9 Å². The van der Waals surface area contributed by atoms with Gasteiger partial charge in [-0.05, 0) is 31.4 Å². The van der Waals surface area contributed by atoms with E-state index in [1.807, 2.05) is 0 Å². The molecule has 0 unspecified atom stereocenters. The zero-order chi connectivity index (χ0) is 15.8. The first-order chi connectivity index (χ1) is 10.7. The normalized spacial score (nSPS) is 15.3. The maximum atomic E-state index is 12.2. The minimum absolute atomic E-state index is 0.150. The smallest absolute Gasteiger partial charge is 0.270 e. The van der Waals surface area contributed by atoms with Gasteiger partial charge in [-0.3, -0.25) is 14.6 Å². The summed E-state index contributed by atoms with van der Waals surface area (Å²) in [4.78, 5) is 28.3. The number of aromatic nitrogens is 1. The lowest BCUT2D eigenvalue weighted by Crippen LogP contribution is -2.36. The predicted octanol–water partition coefficient (Wildman–Crippen LogP) is 2.67. The number of amides is 2. The van der Waals surface area contributed by atoms with Crippen molar-refractivity contribution >= 4 is 11.8 Å². The van der Waals surface area contributed by atoms with Crippen LogP contribution < -0.4 is 10.6 Å². The summed E-state index contributed by atoms with van der Waals surface area (Å²) in [6, 6.07) is 3.45. The van der Waals surface area contributed by atoms with Crippen LogP contribution in [0.1, 0.15) is 72.7 Å². The first-order valence-electron chi connectivity index (χ1n) is 8.26. The number of carbonyl (C=O) groups excluding carboxylic acids is 2. The van der Waals surface area contributed by atoms with Gasteiger partial charge in [0.15, 0.2) is 0 Å². The van der Waals surface area contributed by atoms with Gasteiger partial charge in [0.1, 0.15) is 5.69 Å². The summed E-state index contributed by atoms with van der Waals surface area (Å²) in [5, 5.41) is 5.87. The first kappa shape index (κ1) is 16.5. The molecule has 0 atom stereocenters. The van der Waals surface area contributed by atoms with Gasteiger partial charge >= 0.3 is 0 Å². The first-order valence-corrected chi connectivity index (χ1v) is 8.26. The van der Waals surface area contributed by atoms with Crippen LogP contribution in [0.5, 0.6) is 0 Å². The summed E-state index contributed by atoms with van der Waals surface area (Å²) in [6.07, 6.45) is 9.14. The third-order valence-electron chi connectivity index (χ3n) is 4.01. The molecule has 2 amide bonds. The topological polar surface area (TPSA) is 71.1 Å². The van der Waals surface area contributed by atoms with Gasteiger partial charge in [-0.25, -0.2) is 0 Å². The third-order valence-corrected chi connectivity index (χ3v) is 4.01. The largest absolute Gasteiger partial charge is 0.352 e. The number of unbranched alkanes of at least 4 members (excludes halogenated alkanes) is 1. The van der Waals surface area contributed by atoms with Gasteiger partial charge < -0.3 is 10.6 Å². The lowest BCUT2D eigenvalue weighted by atomic mass is 9.95. The average molecular weight is 303 g/mol. The SMILES string of the molecule is CCCCNC(=O)c1ccnc(C(=O)NC2CCCCC2)c1. The molecule has 1 aliphatic rings. The molecule has 120 valence electrons. The molecule has 2 N–H and O–H groups in total. The number of carbonyl (C=O) groups is 2. The highest BCUT2D eigenvalue weighted by atomic mass is 16.2. The van der Waals surface area contributed by atoms with Gasteiger partial charge in [0.05, 0.1) is 0 Å². The van der Waals surface area contributed by atoms with Crippen LogP contribution in [-0.4, -0.2) is 29.4 Å². The molecule has 0 saturated heterocycles.